The number of aryl methyl sites for hydroxylation is 1. The van der Waals surface area contributed by atoms with Crippen LogP contribution in [0.15, 0.2) is 24.3 Å². The van der Waals surface area contributed by atoms with Crippen molar-refractivity contribution in [1.29, 1.82) is 0 Å². The molecule has 1 rings (SSSR count). The number of nitrogens with one attached hydrogen (secondary N) is 1. The highest BCUT2D eigenvalue weighted by Gasteiger charge is 2.15. The highest BCUT2D eigenvalue weighted by Crippen LogP contribution is 2.17. The number of hydrogen-bond acceptors (Lipinski definition) is 2. The fourth-order valence-electron chi connectivity index (χ4n) is 1.90. The molecular weight excluding hydrogens is 198 g/mol. The first-order valence-electron chi connectivity index (χ1n) is 5.90. The lowest BCUT2D eigenvalue weighted by atomic mass is 10.0. The van der Waals surface area contributed by atoms with E-state index in [9.17, 15) is 0 Å². The van der Waals surface area contributed by atoms with Crippen LogP contribution >= 0.6 is 0 Å². The average molecular weight is 221 g/mol. The molecule has 0 amide bonds. The number of ether oxygens (including phenoxy) is 1. The fraction of sp³-hybridized carbons (Fsp3) is 0.571. The molecule has 0 saturated carbocycles. The predicted octanol–water partition coefficient (Wildman–Crippen LogP) is 3.07. The molecular formula is C14H23NO. The lowest BCUT2D eigenvalue weighted by molar-refractivity contribution is 0.0852. The SMILES string of the molecule is COC(C)C(C)NC(C)c1ccccc1C. The minimum absolute atomic E-state index is 0.228. The van der Waals surface area contributed by atoms with Crippen molar-refractivity contribution >= 4 is 0 Å². The van der Waals surface area contributed by atoms with E-state index in [0.717, 1.165) is 0 Å². The van der Waals surface area contributed by atoms with Crippen molar-refractivity contribution in [3.63, 3.8) is 0 Å². The van der Waals surface area contributed by atoms with Gasteiger partial charge in [-0.25, -0.2) is 0 Å². The first kappa shape index (κ1) is 13.2. The highest BCUT2D eigenvalue weighted by atomic mass is 16.5. The zero-order chi connectivity index (χ0) is 12.1. The molecule has 0 aliphatic carbocycles. The third-order valence-electron chi connectivity index (χ3n) is 3.24. The van der Waals surface area contributed by atoms with Gasteiger partial charge in [-0.3, -0.25) is 0 Å². The van der Waals surface area contributed by atoms with Gasteiger partial charge in [-0.2, -0.15) is 0 Å². The maximum Gasteiger partial charge on any atom is 0.0693 e. The topological polar surface area (TPSA) is 21.3 Å². The van der Waals surface area contributed by atoms with Crippen molar-refractivity contribution < 1.29 is 4.74 Å². The van der Waals surface area contributed by atoms with Gasteiger partial charge < -0.3 is 10.1 Å². The van der Waals surface area contributed by atoms with Crippen LogP contribution in [0.4, 0.5) is 0 Å². The van der Waals surface area contributed by atoms with E-state index >= 15 is 0 Å². The summed E-state index contributed by atoms with van der Waals surface area (Å²) in [5.74, 6) is 0. The van der Waals surface area contributed by atoms with E-state index in [1.54, 1.807) is 7.11 Å². The maximum absolute atomic E-state index is 5.32. The third kappa shape index (κ3) is 3.32. The number of methoxy groups -OCH3 is 1. The molecule has 0 fully saturated rings. The van der Waals surface area contributed by atoms with Crippen molar-refractivity contribution in [2.45, 2.75) is 45.9 Å². The van der Waals surface area contributed by atoms with Crippen molar-refractivity contribution in [3.8, 4) is 0 Å². The van der Waals surface area contributed by atoms with Gasteiger partial charge in [0.05, 0.1) is 6.10 Å². The zero-order valence-electron chi connectivity index (χ0n) is 10.9. The first-order valence-corrected chi connectivity index (χ1v) is 5.90. The van der Waals surface area contributed by atoms with E-state index < -0.39 is 0 Å². The number of benzene rings is 1. The normalized spacial score (nSPS) is 16.8. The molecule has 1 aromatic carbocycles. The second kappa shape index (κ2) is 6.02. The summed E-state index contributed by atoms with van der Waals surface area (Å²) in [6, 6.07) is 9.20. The van der Waals surface area contributed by atoms with E-state index in [2.05, 4.69) is 57.3 Å². The van der Waals surface area contributed by atoms with Crippen LogP contribution in [0.2, 0.25) is 0 Å². The van der Waals surface area contributed by atoms with Gasteiger partial charge in [0.25, 0.3) is 0 Å². The monoisotopic (exact) mass is 221 g/mol. The minimum atomic E-state index is 0.228. The Bertz CT molecular complexity index is 324. The van der Waals surface area contributed by atoms with Crippen LogP contribution in [-0.4, -0.2) is 19.3 Å². The minimum Gasteiger partial charge on any atom is -0.380 e. The lowest BCUT2D eigenvalue weighted by Crippen LogP contribution is -2.38. The Morgan fingerprint density at radius 2 is 1.75 bits per heavy atom. The molecule has 0 radical (unpaired) electrons. The standard InChI is InChI=1S/C14H23NO/c1-10-8-6-7-9-14(10)12(3)15-11(2)13(4)16-5/h6-9,11-13,15H,1-5H3. The summed E-state index contributed by atoms with van der Waals surface area (Å²) < 4.78 is 5.32. The van der Waals surface area contributed by atoms with Crippen LogP contribution in [0.1, 0.15) is 37.9 Å². The molecule has 0 aliphatic rings. The Labute approximate surface area is 99.0 Å². The highest BCUT2D eigenvalue weighted by molar-refractivity contribution is 5.28. The molecule has 2 nitrogen and oxygen atoms in total. The van der Waals surface area contributed by atoms with E-state index in [4.69, 9.17) is 4.74 Å². The second-order valence-corrected chi connectivity index (χ2v) is 4.47. The summed E-state index contributed by atoms with van der Waals surface area (Å²) in [4.78, 5) is 0. The van der Waals surface area contributed by atoms with Gasteiger partial charge >= 0.3 is 0 Å². The van der Waals surface area contributed by atoms with Gasteiger partial charge in [-0.05, 0) is 38.8 Å². The summed E-state index contributed by atoms with van der Waals surface area (Å²) in [5.41, 5.74) is 2.69. The quantitative estimate of drug-likeness (QED) is 0.825. The zero-order valence-corrected chi connectivity index (χ0v) is 10.9. The van der Waals surface area contributed by atoms with Crippen molar-refractivity contribution in [1.82, 2.24) is 5.32 Å². The molecule has 2 heteroatoms. The van der Waals surface area contributed by atoms with Gasteiger partial charge in [-0.1, -0.05) is 24.3 Å². The molecule has 0 bridgehead atoms. The predicted molar refractivity (Wildman–Crippen MR) is 68.7 cm³/mol. The Morgan fingerprint density at radius 3 is 2.31 bits per heavy atom. The lowest BCUT2D eigenvalue weighted by Gasteiger charge is -2.25. The largest absolute Gasteiger partial charge is 0.380 e. The molecule has 1 N–H and O–H groups in total. The molecule has 0 aromatic heterocycles. The van der Waals surface area contributed by atoms with E-state index in [0.29, 0.717) is 12.1 Å². The Kier molecular flexibility index (Phi) is 4.97. The van der Waals surface area contributed by atoms with Gasteiger partial charge in [0.1, 0.15) is 0 Å². The molecule has 3 atom stereocenters. The van der Waals surface area contributed by atoms with Crippen molar-refractivity contribution in [2.75, 3.05) is 7.11 Å². The van der Waals surface area contributed by atoms with E-state index in [-0.39, 0.29) is 6.10 Å². The van der Waals surface area contributed by atoms with E-state index in [1.807, 2.05) is 0 Å². The molecule has 1 aromatic rings. The van der Waals surface area contributed by atoms with E-state index in [1.165, 1.54) is 11.1 Å². The fourth-order valence-corrected chi connectivity index (χ4v) is 1.90. The average Bonchev–Trinajstić information content (AvgIpc) is 2.28. The van der Waals surface area contributed by atoms with Crippen LogP contribution in [0, 0.1) is 6.92 Å². The third-order valence-corrected chi connectivity index (χ3v) is 3.24. The van der Waals surface area contributed by atoms with Crippen LogP contribution < -0.4 is 5.32 Å². The smallest absolute Gasteiger partial charge is 0.0693 e. The number of rotatable bonds is 5. The molecule has 0 spiro atoms. The maximum atomic E-state index is 5.32. The summed E-state index contributed by atoms with van der Waals surface area (Å²) in [6.45, 7) is 8.59. The van der Waals surface area contributed by atoms with Crippen LogP contribution in [0.5, 0.6) is 0 Å². The summed E-state index contributed by atoms with van der Waals surface area (Å²) in [7, 11) is 1.75. The molecule has 90 valence electrons. The van der Waals surface area contributed by atoms with Crippen molar-refractivity contribution in [2.24, 2.45) is 0 Å². The Morgan fingerprint density at radius 1 is 1.12 bits per heavy atom. The molecule has 0 heterocycles. The summed E-state index contributed by atoms with van der Waals surface area (Å²) in [6.07, 6.45) is 0.228. The summed E-state index contributed by atoms with van der Waals surface area (Å²) in [5, 5.41) is 3.56. The van der Waals surface area contributed by atoms with Gasteiger partial charge in [0.15, 0.2) is 0 Å². The Balaban J connectivity index is 2.65. The van der Waals surface area contributed by atoms with Crippen LogP contribution in [-0.2, 0) is 4.74 Å². The molecule has 16 heavy (non-hydrogen) atoms. The van der Waals surface area contributed by atoms with Crippen molar-refractivity contribution in [3.05, 3.63) is 35.4 Å². The summed E-state index contributed by atoms with van der Waals surface area (Å²) >= 11 is 0. The van der Waals surface area contributed by atoms with Gasteiger partial charge in [0, 0.05) is 19.2 Å². The molecule has 0 aliphatic heterocycles. The molecule has 3 unspecified atom stereocenters. The van der Waals surface area contributed by atoms with Crippen LogP contribution in [0.25, 0.3) is 0 Å². The second-order valence-electron chi connectivity index (χ2n) is 4.47. The van der Waals surface area contributed by atoms with Gasteiger partial charge in [-0.15, -0.1) is 0 Å². The first-order chi connectivity index (χ1) is 7.56. The number of hydrogen-bond donors (Lipinski definition) is 1. The van der Waals surface area contributed by atoms with Gasteiger partial charge in [0.2, 0.25) is 0 Å². The molecule has 0 saturated heterocycles. The van der Waals surface area contributed by atoms with Crippen LogP contribution in [0.3, 0.4) is 0 Å². The Hall–Kier alpha value is -0.860.